The predicted molar refractivity (Wildman–Crippen MR) is 109 cm³/mol. The third-order valence-corrected chi connectivity index (χ3v) is 5.67. The molecule has 1 saturated heterocycles. The zero-order chi connectivity index (χ0) is 20.4. The second kappa shape index (κ2) is 8.52. The Labute approximate surface area is 171 Å². The van der Waals surface area contributed by atoms with E-state index < -0.39 is 0 Å². The van der Waals surface area contributed by atoms with E-state index in [1.165, 1.54) is 4.90 Å². The fourth-order valence-corrected chi connectivity index (χ4v) is 3.59. The van der Waals surface area contributed by atoms with Gasteiger partial charge in [0.15, 0.2) is 0 Å². The van der Waals surface area contributed by atoms with Gasteiger partial charge in [-0.25, -0.2) is 0 Å². The molecule has 1 aliphatic heterocycles. The van der Waals surface area contributed by atoms with Gasteiger partial charge in [-0.1, -0.05) is 31.5 Å². The van der Waals surface area contributed by atoms with Gasteiger partial charge in [0.1, 0.15) is 13.2 Å². The van der Waals surface area contributed by atoms with Crippen LogP contribution in [0.1, 0.15) is 38.7 Å². The van der Waals surface area contributed by atoms with E-state index in [2.05, 4.69) is 0 Å². The van der Waals surface area contributed by atoms with Crippen molar-refractivity contribution in [2.45, 2.75) is 40.0 Å². The number of rotatable bonds is 7. The van der Waals surface area contributed by atoms with E-state index >= 15 is 0 Å². The summed E-state index contributed by atoms with van der Waals surface area (Å²) in [5.41, 5.74) is 1.54. The SMILES string of the molecule is Cc1c(Cl)cccc1N1CN(C(=O)CN(CC2CC2)C(=O)CC(C)C)CC1=O. The van der Waals surface area contributed by atoms with E-state index in [9.17, 15) is 14.4 Å². The molecule has 152 valence electrons. The van der Waals surface area contributed by atoms with Crippen LogP contribution in [-0.4, -0.2) is 53.8 Å². The number of carbonyl (C=O) groups excluding carboxylic acids is 3. The van der Waals surface area contributed by atoms with Crippen LogP contribution in [0.15, 0.2) is 18.2 Å². The Balaban J connectivity index is 1.67. The number of carbonyl (C=O) groups is 3. The van der Waals surface area contributed by atoms with Crippen LogP contribution in [0.25, 0.3) is 0 Å². The summed E-state index contributed by atoms with van der Waals surface area (Å²) in [6, 6.07) is 5.41. The minimum Gasteiger partial charge on any atom is -0.333 e. The lowest BCUT2D eigenvalue weighted by Gasteiger charge is -2.26. The Morgan fingerprint density at radius 2 is 2.00 bits per heavy atom. The third-order valence-electron chi connectivity index (χ3n) is 5.26. The van der Waals surface area contributed by atoms with Crippen molar-refractivity contribution in [2.75, 3.05) is 31.2 Å². The summed E-state index contributed by atoms with van der Waals surface area (Å²) < 4.78 is 0. The van der Waals surface area contributed by atoms with Crippen molar-refractivity contribution in [1.29, 1.82) is 0 Å². The van der Waals surface area contributed by atoms with Crippen LogP contribution in [0.3, 0.4) is 0 Å². The van der Waals surface area contributed by atoms with Crippen molar-refractivity contribution in [3.8, 4) is 0 Å². The Morgan fingerprint density at radius 1 is 1.29 bits per heavy atom. The molecular weight excluding hydrogens is 378 g/mol. The van der Waals surface area contributed by atoms with E-state index in [0.29, 0.717) is 23.9 Å². The van der Waals surface area contributed by atoms with Gasteiger partial charge in [-0.3, -0.25) is 19.3 Å². The summed E-state index contributed by atoms with van der Waals surface area (Å²) in [5.74, 6) is 0.450. The molecule has 7 heteroatoms. The van der Waals surface area contributed by atoms with E-state index in [1.54, 1.807) is 21.9 Å². The molecule has 1 heterocycles. The minimum atomic E-state index is -0.187. The summed E-state index contributed by atoms with van der Waals surface area (Å²) in [6.07, 6.45) is 2.67. The van der Waals surface area contributed by atoms with Crippen molar-refractivity contribution < 1.29 is 14.4 Å². The molecule has 0 unspecified atom stereocenters. The lowest BCUT2D eigenvalue weighted by molar-refractivity contribution is -0.140. The first-order valence-corrected chi connectivity index (χ1v) is 10.2. The second-order valence-corrected chi connectivity index (χ2v) is 8.66. The number of nitrogens with zero attached hydrogens (tertiary/aromatic N) is 3. The van der Waals surface area contributed by atoms with Crippen molar-refractivity contribution >= 4 is 35.0 Å². The number of hydrogen-bond acceptors (Lipinski definition) is 3. The molecule has 0 bridgehead atoms. The van der Waals surface area contributed by atoms with E-state index in [4.69, 9.17) is 11.6 Å². The second-order valence-electron chi connectivity index (χ2n) is 8.25. The standard InChI is InChI=1S/C21H28ClN3O3/c1-14(2)9-19(26)23(10-16-7-8-16)11-20(27)24-12-21(28)25(13-24)18-6-4-5-17(22)15(18)3/h4-6,14,16H,7-13H2,1-3H3. The zero-order valence-electron chi connectivity index (χ0n) is 16.8. The molecule has 2 aliphatic rings. The van der Waals surface area contributed by atoms with Gasteiger partial charge in [0, 0.05) is 23.7 Å². The van der Waals surface area contributed by atoms with Crippen LogP contribution in [0.2, 0.25) is 5.02 Å². The van der Waals surface area contributed by atoms with Gasteiger partial charge in [-0.15, -0.1) is 0 Å². The van der Waals surface area contributed by atoms with Crippen LogP contribution in [0, 0.1) is 18.8 Å². The molecule has 0 radical (unpaired) electrons. The van der Waals surface area contributed by atoms with Gasteiger partial charge in [0.05, 0.1) is 6.54 Å². The Bertz CT molecular complexity index is 776. The van der Waals surface area contributed by atoms with E-state index in [1.807, 2.05) is 26.8 Å². The summed E-state index contributed by atoms with van der Waals surface area (Å²) in [5, 5.41) is 0.588. The first kappa shape index (κ1) is 20.6. The molecule has 1 aromatic carbocycles. The first-order chi connectivity index (χ1) is 13.3. The Morgan fingerprint density at radius 3 is 2.64 bits per heavy atom. The van der Waals surface area contributed by atoms with Gasteiger partial charge in [0.2, 0.25) is 17.7 Å². The van der Waals surface area contributed by atoms with Gasteiger partial charge in [0.25, 0.3) is 0 Å². The highest BCUT2D eigenvalue weighted by molar-refractivity contribution is 6.31. The number of halogens is 1. The minimum absolute atomic E-state index is 0.0170. The Hall–Kier alpha value is -2.08. The summed E-state index contributed by atoms with van der Waals surface area (Å²) >= 11 is 6.18. The molecule has 1 aliphatic carbocycles. The van der Waals surface area contributed by atoms with Crippen molar-refractivity contribution in [3.05, 3.63) is 28.8 Å². The van der Waals surface area contributed by atoms with Gasteiger partial charge < -0.3 is 9.80 Å². The van der Waals surface area contributed by atoms with E-state index in [0.717, 1.165) is 24.1 Å². The molecule has 6 nitrogen and oxygen atoms in total. The molecule has 0 spiro atoms. The third kappa shape index (κ3) is 4.85. The van der Waals surface area contributed by atoms with Crippen LogP contribution >= 0.6 is 11.6 Å². The lowest BCUT2D eigenvalue weighted by Crippen LogP contribution is -2.43. The van der Waals surface area contributed by atoms with E-state index in [-0.39, 0.29) is 43.4 Å². The molecule has 0 aromatic heterocycles. The van der Waals surface area contributed by atoms with Crippen molar-refractivity contribution in [3.63, 3.8) is 0 Å². The molecule has 1 aromatic rings. The van der Waals surface area contributed by atoms with Crippen molar-refractivity contribution in [1.82, 2.24) is 9.80 Å². The molecule has 0 atom stereocenters. The highest BCUT2D eigenvalue weighted by atomic mass is 35.5. The normalized spacial score (nSPS) is 16.8. The first-order valence-electron chi connectivity index (χ1n) is 9.87. The maximum atomic E-state index is 12.8. The van der Waals surface area contributed by atoms with Crippen LogP contribution in [0.4, 0.5) is 5.69 Å². The summed E-state index contributed by atoms with van der Waals surface area (Å²) in [7, 11) is 0. The number of hydrogen-bond donors (Lipinski definition) is 0. The topological polar surface area (TPSA) is 60.9 Å². The lowest BCUT2D eigenvalue weighted by atomic mass is 10.1. The predicted octanol–water partition coefficient (Wildman–Crippen LogP) is 3.07. The fraction of sp³-hybridized carbons (Fsp3) is 0.571. The highest BCUT2D eigenvalue weighted by Gasteiger charge is 2.35. The molecule has 28 heavy (non-hydrogen) atoms. The van der Waals surface area contributed by atoms with Crippen LogP contribution in [0.5, 0.6) is 0 Å². The molecule has 3 amide bonds. The largest absolute Gasteiger partial charge is 0.333 e. The maximum absolute atomic E-state index is 12.8. The summed E-state index contributed by atoms with van der Waals surface area (Å²) in [4.78, 5) is 42.7. The molecule has 0 N–H and O–H groups in total. The molecular formula is C21H28ClN3O3. The highest BCUT2D eigenvalue weighted by Crippen LogP contribution is 2.31. The average molecular weight is 406 g/mol. The maximum Gasteiger partial charge on any atom is 0.248 e. The fourth-order valence-electron chi connectivity index (χ4n) is 3.42. The monoisotopic (exact) mass is 405 g/mol. The molecule has 1 saturated carbocycles. The van der Waals surface area contributed by atoms with Gasteiger partial charge >= 0.3 is 0 Å². The number of anilines is 1. The number of benzene rings is 1. The van der Waals surface area contributed by atoms with Crippen molar-refractivity contribution in [2.24, 2.45) is 11.8 Å². The Kier molecular flexibility index (Phi) is 6.28. The smallest absolute Gasteiger partial charge is 0.248 e. The van der Waals surface area contributed by atoms with Crippen LogP contribution in [-0.2, 0) is 14.4 Å². The molecule has 3 rings (SSSR count). The van der Waals surface area contributed by atoms with Gasteiger partial charge in [-0.05, 0) is 49.3 Å². The van der Waals surface area contributed by atoms with Crippen LogP contribution < -0.4 is 4.90 Å². The zero-order valence-corrected chi connectivity index (χ0v) is 17.5. The average Bonchev–Trinajstić information content (AvgIpc) is 3.36. The number of amides is 3. The molecule has 2 fully saturated rings. The van der Waals surface area contributed by atoms with Gasteiger partial charge in [-0.2, -0.15) is 0 Å². The quantitative estimate of drug-likeness (QED) is 0.700. The summed E-state index contributed by atoms with van der Waals surface area (Å²) in [6.45, 7) is 6.75.